The maximum atomic E-state index is 12.9. The predicted octanol–water partition coefficient (Wildman–Crippen LogP) is 3.27. The zero-order chi connectivity index (χ0) is 21.7. The molecule has 2 amide bonds. The first-order chi connectivity index (χ1) is 14.3. The van der Waals surface area contributed by atoms with Crippen LogP contribution in [0.25, 0.3) is 0 Å². The Morgan fingerprint density at radius 1 is 1.13 bits per heavy atom. The molecule has 1 aliphatic carbocycles. The monoisotopic (exact) mass is 449 g/mol. The van der Waals surface area contributed by atoms with Crippen LogP contribution in [0.1, 0.15) is 36.5 Å². The molecule has 2 N–H and O–H groups in total. The van der Waals surface area contributed by atoms with Crippen LogP contribution in [0.4, 0.5) is 5.69 Å². The highest BCUT2D eigenvalue weighted by Gasteiger charge is 2.26. The second kappa shape index (κ2) is 9.59. The van der Waals surface area contributed by atoms with E-state index in [2.05, 4.69) is 10.6 Å². The van der Waals surface area contributed by atoms with Crippen molar-refractivity contribution >= 4 is 39.1 Å². The zero-order valence-corrected chi connectivity index (χ0v) is 18.2. The minimum atomic E-state index is -3.85. The molecule has 0 spiro atoms. The molecule has 3 rings (SSSR count). The molecule has 0 aromatic heterocycles. The number of rotatable bonds is 9. The highest BCUT2D eigenvalue weighted by Crippen LogP contribution is 2.21. The van der Waals surface area contributed by atoms with Crippen molar-refractivity contribution < 1.29 is 18.0 Å². The summed E-state index contributed by atoms with van der Waals surface area (Å²) in [7, 11) is -3.85. The summed E-state index contributed by atoms with van der Waals surface area (Å²) in [5.41, 5.74) is 0.877. The Morgan fingerprint density at radius 3 is 2.47 bits per heavy atom. The van der Waals surface area contributed by atoms with Crippen LogP contribution in [0.15, 0.2) is 53.4 Å². The lowest BCUT2D eigenvalue weighted by molar-refractivity contribution is -0.116. The van der Waals surface area contributed by atoms with Crippen molar-refractivity contribution in [2.75, 3.05) is 18.4 Å². The second-order valence-corrected chi connectivity index (χ2v) is 9.54. The molecule has 1 saturated carbocycles. The number of nitrogens with one attached hydrogen (secondary N) is 2. The fourth-order valence-corrected chi connectivity index (χ4v) is 4.50. The number of nitrogens with zero attached hydrogens (tertiary/aromatic N) is 1. The minimum Gasteiger partial charge on any atom is -0.349 e. The third-order valence-electron chi connectivity index (χ3n) is 4.57. The minimum absolute atomic E-state index is 0.0758. The molecule has 2 aromatic carbocycles. The van der Waals surface area contributed by atoms with Crippen molar-refractivity contribution in [3.8, 4) is 0 Å². The van der Waals surface area contributed by atoms with Gasteiger partial charge >= 0.3 is 0 Å². The van der Waals surface area contributed by atoms with Gasteiger partial charge in [-0.05, 0) is 61.7 Å². The molecular weight excluding hydrogens is 426 g/mol. The van der Waals surface area contributed by atoms with E-state index in [1.165, 1.54) is 24.3 Å². The Bertz CT molecular complexity index is 1020. The molecule has 0 atom stereocenters. The Morgan fingerprint density at radius 2 is 1.83 bits per heavy atom. The van der Waals surface area contributed by atoms with Gasteiger partial charge in [-0.2, -0.15) is 4.31 Å². The largest absolute Gasteiger partial charge is 0.349 e. The van der Waals surface area contributed by atoms with Crippen molar-refractivity contribution in [2.45, 2.75) is 37.1 Å². The molecule has 9 heteroatoms. The Kier molecular flexibility index (Phi) is 7.12. The van der Waals surface area contributed by atoms with E-state index in [4.69, 9.17) is 11.6 Å². The standard InChI is InChI=1S/C21H24ClN3O4S/c1-2-12-25(30(28,29)19-10-6-16(22)7-11-19)14-20(26)23-18-5-3-4-15(13-18)21(27)24-17-8-9-17/h3-7,10-11,13,17H,2,8-9,12,14H2,1H3,(H,23,26)(H,24,27). The van der Waals surface area contributed by atoms with Crippen molar-refractivity contribution in [3.05, 3.63) is 59.1 Å². The van der Waals surface area contributed by atoms with E-state index in [-0.39, 0.29) is 29.9 Å². The van der Waals surface area contributed by atoms with Crippen LogP contribution in [0.2, 0.25) is 5.02 Å². The van der Waals surface area contributed by atoms with Crippen LogP contribution in [0.5, 0.6) is 0 Å². The quantitative estimate of drug-likeness (QED) is 0.614. The van der Waals surface area contributed by atoms with E-state index in [9.17, 15) is 18.0 Å². The number of hydrogen-bond donors (Lipinski definition) is 2. The molecule has 0 radical (unpaired) electrons. The number of halogens is 1. The van der Waals surface area contributed by atoms with Crippen LogP contribution in [0, 0.1) is 0 Å². The third kappa shape index (κ3) is 5.81. The summed E-state index contributed by atoms with van der Waals surface area (Å²) in [4.78, 5) is 24.8. The number of benzene rings is 2. The molecular formula is C21H24ClN3O4S. The van der Waals surface area contributed by atoms with Crippen LogP contribution in [-0.2, 0) is 14.8 Å². The Labute approximate surface area is 181 Å². The summed E-state index contributed by atoms with van der Waals surface area (Å²) in [6, 6.07) is 12.6. The molecule has 0 unspecified atom stereocenters. The molecule has 30 heavy (non-hydrogen) atoms. The van der Waals surface area contributed by atoms with Crippen molar-refractivity contribution in [2.24, 2.45) is 0 Å². The number of hydrogen-bond acceptors (Lipinski definition) is 4. The molecule has 160 valence electrons. The van der Waals surface area contributed by atoms with Crippen LogP contribution in [-0.4, -0.2) is 43.7 Å². The average Bonchev–Trinajstić information content (AvgIpc) is 3.52. The predicted molar refractivity (Wildman–Crippen MR) is 116 cm³/mol. The maximum absolute atomic E-state index is 12.9. The Balaban J connectivity index is 1.69. The summed E-state index contributed by atoms with van der Waals surface area (Å²) < 4.78 is 27.0. The molecule has 0 bridgehead atoms. The van der Waals surface area contributed by atoms with Crippen molar-refractivity contribution in [1.29, 1.82) is 0 Å². The highest BCUT2D eigenvalue weighted by molar-refractivity contribution is 7.89. The fourth-order valence-electron chi connectivity index (χ4n) is 2.88. The molecule has 1 fully saturated rings. The van der Waals surface area contributed by atoms with E-state index in [1.807, 2.05) is 6.92 Å². The van der Waals surface area contributed by atoms with Gasteiger partial charge in [0, 0.05) is 28.9 Å². The van der Waals surface area contributed by atoms with Crippen molar-refractivity contribution in [3.63, 3.8) is 0 Å². The first kappa shape index (κ1) is 22.3. The van der Waals surface area contributed by atoms with Gasteiger partial charge in [0.15, 0.2) is 0 Å². The number of carbonyl (C=O) groups excluding carboxylic acids is 2. The lowest BCUT2D eigenvalue weighted by Gasteiger charge is -2.21. The lowest BCUT2D eigenvalue weighted by atomic mass is 10.2. The first-order valence-corrected chi connectivity index (χ1v) is 11.6. The van der Waals surface area contributed by atoms with Gasteiger partial charge in [-0.3, -0.25) is 9.59 Å². The van der Waals surface area contributed by atoms with E-state index < -0.39 is 15.9 Å². The van der Waals surface area contributed by atoms with Crippen LogP contribution in [0.3, 0.4) is 0 Å². The zero-order valence-electron chi connectivity index (χ0n) is 16.6. The molecule has 0 heterocycles. The number of sulfonamides is 1. The molecule has 1 aliphatic rings. The van der Waals surface area contributed by atoms with Crippen LogP contribution < -0.4 is 10.6 Å². The van der Waals surface area contributed by atoms with Gasteiger partial charge in [0.1, 0.15) is 0 Å². The number of amides is 2. The van der Waals surface area contributed by atoms with Crippen molar-refractivity contribution in [1.82, 2.24) is 9.62 Å². The average molecular weight is 450 g/mol. The Hall–Kier alpha value is -2.42. The van der Waals surface area contributed by atoms with Gasteiger partial charge in [0.2, 0.25) is 15.9 Å². The highest BCUT2D eigenvalue weighted by atomic mass is 35.5. The van der Waals surface area contributed by atoms with Gasteiger partial charge in [-0.1, -0.05) is 24.6 Å². The second-order valence-electron chi connectivity index (χ2n) is 7.17. The normalized spacial score (nSPS) is 13.8. The van der Waals surface area contributed by atoms with Gasteiger partial charge < -0.3 is 10.6 Å². The van der Waals surface area contributed by atoms with Gasteiger partial charge in [-0.25, -0.2) is 8.42 Å². The summed E-state index contributed by atoms with van der Waals surface area (Å²) in [6.07, 6.45) is 2.52. The van der Waals surface area contributed by atoms with Gasteiger partial charge in [0.25, 0.3) is 5.91 Å². The topological polar surface area (TPSA) is 95.6 Å². The molecule has 0 aliphatic heterocycles. The maximum Gasteiger partial charge on any atom is 0.251 e. The molecule has 2 aromatic rings. The lowest BCUT2D eigenvalue weighted by Crippen LogP contribution is -2.38. The summed E-state index contributed by atoms with van der Waals surface area (Å²) in [6.45, 7) is 1.70. The van der Waals surface area contributed by atoms with E-state index in [0.29, 0.717) is 22.7 Å². The summed E-state index contributed by atoms with van der Waals surface area (Å²) >= 11 is 5.84. The molecule has 0 saturated heterocycles. The van der Waals surface area contributed by atoms with E-state index >= 15 is 0 Å². The fraction of sp³-hybridized carbons (Fsp3) is 0.333. The first-order valence-electron chi connectivity index (χ1n) is 9.76. The smallest absolute Gasteiger partial charge is 0.251 e. The number of carbonyl (C=O) groups is 2. The summed E-state index contributed by atoms with van der Waals surface area (Å²) in [5, 5.41) is 6.00. The molecule has 7 nitrogen and oxygen atoms in total. The summed E-state index contributed by atoms with van der Waals surface area (Å²) in [5.74, 6) is -0.674. The van der Waals surface area contributed by atoms with Gasteiger partial charge in [-0.15, -0.1) is 0 Å². The van der Waals surface area contributed by atoms with Crippen LogP contribution >= 0.6 is 11.6 Å². The SMILES string of the molecule is CCCN(CC(=O)Nc1cccc(C(=O)NC2CC2)c1)S(=O)(=O)c1ccc(Cl)cc1. The third-order valence-corrected chi connectivity index (χ3v) is 6.68. The van der Waals surface area contributed by atoms with Gasteiger partial charge in [0.05, 0.1) is 11.4 Å². The van der Waals surface area contributed by atoms with E-state index in [1.54, 1.807) is 24.3 Å². The number of anilines is 1. The van der Waals surface area contributed by atoms with E-state index in [0.717, 1.165) is 17.1 Å².